The summed E-state index contributed by atoms with van der Waals surface area (Å²) in [5.74, 6) is -0.196. The molecule has 0 aliphatic heterocycles. The molecule has 1 rings (SSSR count). The van der Waals surface area contributed by atoms with Crippen LogP contribution < -0.4 is 4.74 Å². The number of aliphatic carboxylic acids is 1. The Kier molecular flexibility index (Phi) is 3.35. The number of benzene rings is 1. The molecule has 1 atom stereocenters. The molecule has 0 heterocycles. The topological polar surface area (TPSA) is 46.5 Å². The first-order chi connectivity index (χ1) is 7.06. The first kappa shape index (κ1) is 11.6. The number of ether oxygens (including phenoxy) is 1. The number of para-hydroxylation sites is 1. The standard InChI is InChI=1S/C12H16O3/c1-4-12(2,11(13)14)9-7-5-6-8-10(9)15-3/h5-8H,4H2,1-3H3,(H,13,14). The molecule has 0 aliphatic rings. The number of methoxy groups -OCH3 is 1. The molecule has 0 saturated heterocycles. The van der Waals surface area contributed by atoms with E-state index in [4.69, 9.17) is 4.74 Å². The van der Waals surface area contributed by atoms with E-state index in [0.717, 1.165) is 5.56 Å². The van der Waals surface area contributed by atoms with Crippen LogP contribution in [0.3, 0.4) is 0 Å². The van der Waals surface area contributed by atoms with Crippen LogP contribution in [0.4, 0.5) is 0 Å². The molecule has 0 saturated carbocycles. The van der Waals surface area contributed by atoms with Gasteiger partial charge in [-0.15, -0.1) is 0 Å². The van der Waals surface area contributed by atoms with Crippen molar-refractivity contribution in [3.63, 3.8) is 0 Å². The van der Waals surface area contributed by atoms with Gasteiger partial charge in [-0.1, -0.05) is 25.1 Å². The molecule has 0 aliphatic carbocycles. The maximum Gasteiger partial charge on any atom is 0.313 e. The van der Waals surface area contributed by atoms with Gasteiger partial charge in [0.2, 0.25) is 0 Å². The smallest absolute Gasteiger partial charge is 0.313 e. The molecule has 1 unspecified atom stereocenters. The molecule has 1 aromatic rings. The van der Waals surface area contributed by atoms with E-state index in [0.29, 0.717) is 12.2 Å². The molecular weight excluding hydrogens is 192 g/mol. The van der Waals surface area contributed by atoms with Crippen molar-refractivity contribution in [2.45, 2.75) is 25.7 Å². The third-order valence-corrected chi connectivity index (χ3v) is 2.88. The molecule has 1 aromatic carbocycles. The van der Waals surface area contributed by atoms with E-state index in [2.05, 4.69) is 0 Å². The van der Waals surface area contributed by atoms with Gasteiger partial charge in [-0.25, -0.2) is 0 Å². The Bertz CT molecular complexity index is 360. The average Bonchev–Trinajstić information content (AvgIpc) is 2.27. The highest BCUT2D eigenvalue weighted by atomic mass is 16.5. The van der Waals surface area contributed by atoms with Crippen LogP contribution in [0.2, 0.25) is 0 Å². The number of carboxylic acids is 1. The summed E-state index contributed by atoms with van der Waals surface area (Å²) < 4.78 is 5.18. The fraction of sp³-hybridized carbons (Fsp3) is 0.417. The zero-order chi connectivity index (χ0) is 11.5. The number of rotatable bonds is 4. The summed E-state index contributed by atoms with van der Waals surface area (Å²) in [6, 6.07) is 7.25. The van der Waals surface area contributed by atoms with E-state index in [1.807, 2.05) is 19.1 Å². The fourth-order valence-corrected chi connectivity index (χ4v) is 1.56. The molecule has 0 bridgehead atoms. The third kappa shape index (κ3) is 1.96. The molecule has 0 aromatic heterocycles. The Hall–Kier alpha value is -1.51. The first-order valence-electron chi connectivity index (χ1n) is 4.93. The molecule has 0 spiro atoms. The van der Waals surface area contributed by atoms with Gasteiger partial charge in [0.05, 0.1) is 12.5 Å². The number of hydrogen-bond acceptors (Lipinski definition) is 2. The van der Waals surface area contributed by atoms with Gasteiger partial charge in [0.15, 0.2) is 0 Å². The van der Waals surface area contributed by atoms with Crippen molar-refractivity contribution in [2.75, 3.05) is 7.11 Å². The van der Waals surface area contributed by atoms with E-state index >= 15 is 0 Å². The van der Waals surface area contributed by atoms with E-state index in [-0.39, 0.29) is 0 Å². The minimum absolute atomic E-state index is 0.530. The molecule has 3 nitrogen and oxygen atoms in total. The lowest BCUT2D eigenvalue weighted by Crippen LogP contribution is -2.31. The summed E-state index contributed by atoms with van der Waals surface area (Å²) in [5.41, 5.74) is -0.158. The second kappa shape index (κ2) is 4.34. The van der Waals surface area contributed by atoms with Gasteiger partial charge >= 0.3 is 5.97 Å². The fourth-order valence-electron chi connectivity index (χ4n) is 1.56. The van der Waals surface area contributed by atoms with Crippen molar-refractivity contribution in [3.8, 4) is 5.75 Å². The maximum atomic E-state index is 11.3. The monoisotopic (exact) mass is 208 g/mol. The average molecular weight is 208 g/mol. The van der Waals surface area contributed by atoms with E-state index in [1.54, 1.807) is 26.2 Å². The van der Waals surface area contributed by atoms with E-state index in [1.165, 1.54) is 0 Å². The Balaban J connectivity index is 3.29. The zero-order valence-electron chi connectivity index (χ0n) is 9.28. The van der Waals surface area contributed by atoms with Gasteiger partial charge < -0.3 is 9.84 Å². The molecule has 0 fully saturated rings. The Morgan fingerprint density at radius 3 is 2.53 bits per heavy atom. The SMILES string of the molecule is CCC(C)(C(=O)O)c1ccccc1OC. The number of carboxylic acid groups (broad SMARTS) is 1. The molecule has 82 valence electrons. The van der Waals surface area contributed by atoms with Gasteiger partial charge in [-0.3, -0.25) is 4.79 Å². The molecule has 0 radical (unpaired) electrons. The van der Waals surface area contributed by atoms with Crippen LogP contribution in [0.5, 0.6) is 5.75 Å². The lowest BCUT2D eigenvalue weighted by molar-refractivity contribution is -0.143. The second-order valence-electron chi connectivity index (χ2n) is 3.69. The highest BCUT2D eigenvalue weighted by molar-refractivity contribution is 5.81. The van der Waals surface area contributed by atoms with Crippen LogP contribution in [0.1, 0.15) is 25.8 Å². The van der Waals surface area contributed by atoms with Gasteiger partial charge in [0.1, 0.15) is 5.75 Å². The maximum absolute atomic E-state index is 11.3. The van der Waals surface area contributed by atoms with Crippen LogP contribution in [-0.2, 0) is 10.2 Å². The Labute approximate surface area is 89.7 Å². The summed E-state index contributed by atoms with van der Waals surface area (Å²) >= 11 is 0. The summed E-state index contributed by atoms with van der Waals surface area (Å²) in [6.45, 7) is 3.58. The Morgan fingerprint density at radius 1 is 1.47 bits per heavy atom. The quantitative estimate of drug-likeness (QED) is 0.826. The highest BCUT2D eigenvalue weighted by Crippen LogP contribution is 2.34. The zero-order valence-corrected chi connectivity index (χ0v) is 9.28. The number of hydrogen-bond donors (Lipinski definition) is 1. The molecule has 1 N–H and O–H groups in total. The Morgan fingerprint density at radius 2 is 2.07 bits per heavy atom. The van der Waals surface area contributed by atoms with E-state index in [9.17, 15) is 9.90 Å². The normalized spacial score (nSPS) is 14.3. The minimum Gasteiger partial charge on any atom is -0.496 e. The molecule has 0 amide bonds. The van der Waals surface area contributed by atoms with Crippen molar-refractivity contribution in [1.82, 2.24) is 0 Å². The van der Waals surface area contributed by atoms with Crippen LogP contribution >= 0.6 is 0 Å². The van der Waals surface area contributed by atoms with Crippen LogP contribution in [0, 0.1) is 0 Å². The first-order valence-corrected chi connectivity index (χ1v) is 4.93. The summed E-state index contributed by atoms with van der Waals surface area (Å²) in [4.78, 5) is 11.3. The van der Waals surface area contributed by atoms with Crippen molar-refractivity contribution in [1.29, 1.82) is 0 Å². The minimum atomic E-state index is -0.882. The lowest BCUT2D eigenvalue weighted by Gasteiger charge is -2.25. The van der Waals surface area contributed by atoms with Crippen molar-refractivity contribution >= 4 is 5.97 Å². The summed E-state index contributed by atoms with van der Waals surface area (Å²) in [5, 5.41) is 9.25. The van der Waals surface area contributed by atoms with Gasteiger partial charge in [0, 0.05) is 5.56 Å². The van der Waals surface area contributed by atoms with Crippen LogP contribution in [0.25, 0.3) is 0 Å². The van der Waals surface area contributed by atoms with E-state index < -0.39 is 11.4 Å². The molecule has 3 heteroatoms. The largest absolute Gasteiger partial charge is 0.496 e. The molecular formula is C12H16O3. The van der Waals surface area contributed by atoms with Crippen LogP contribution in [0.15, 0.2) is 24.3 Å². The second-order valence-corrected chi connectivity index (χ2v) is 3.69. The predicted molar refractivity (Wildman–Crippen MR) is 58.3 cm³/mol. The lowest BCUT2D eigenvalue weighted by atomic mass is 9.79. The predicted octanol–water partition coefficient (Wildman–Crippen LogP) is 2.45. The summed E-state index contributed by atoms with van der Waals surface area (Å²) in [6.07, 6.45) is 0.530. The van der Waals surface area contributed by atoms with Gasteiger partial charge in [-0.05, 0) is 19.4 Å². The van der Waals surface area contributed by atoms with Crippen molar-refractivity contribution in [2.24, 2.45) is 0 Å². The van der Waals surface area contributed by atoms with Crippen molar-refractivity contribution in [3.05, 3.63) is 29.8 Å². The van der Waals surface area contributed by atoms with Gasteiger partial charge in [-0.2, -0.15) is 0 Å². The van der Waals surface area contributed by atoms with Crippen molar-refractivity contribution < 1.29 is 14.6 Å². The highest BCUT2D eigenvalue weighted by Gasteiger charge is 2.35. The number of carbonyl (C=O) groups is 1. The van der Waals surface area contributed by atoms with Gasteiger partial charge in [0.25, 0.3) is 0 Å². The molecule has 15 heavy (non-hydrogen) atoms. The summed E-state index contributed by atoms with van der Waals surface area (Å²) in [7, 11) is 1.55. The third-order valence-electron chi connectivity index (χ3n) is 2.88. The van der Waals surface area contributed by atoms with Crippen LogP contribution in [-0.4, -0.2) is 18.2 Å².